The average molecular weight is 262 g/mol. The highest BCUT2D eigenvalue weighted by Gasteiger charge is 2.33. The lowest BCUT2D eigenvalue weighted by molar-refractivity contribution is 0.0911. The number of allylic oxidation sites excluding steroid dienone is 2. The molecule has 0 bridgehead atoms. The number of methoxy groups -OCH3 is 3. The maximum atomic E-state index is 12.3. The largest absolute Gasteiger partial charge is 0.496 e. The normalized spacial score (nSPS) is 13.8. The van der Waals surface area contributed by atoms with Crippen molar-refractivity contribution in [2.45, 2.75) is 6.92 Å². The first-order valence-electron chi connectivity index (χ1n) is 5.65. The van der Waals surface area contributed by atoms with Gasteiger partial charge in [-0.2, -0.15) is 0 Å². The van der Waals surface area contributed by atoms with Crippen molar-refractivity contribution < 1.29 is 23.8 Å². The van der Waals surface area contributed by atoms with Crippen molar-refractivity contribution in [3.8, 4) is 11.5 Å². The first-order chi connectivity index (χ1) is 9.04. The van der Waals surface area contributed by atoms with Crippen LogP contribution >= 0.6 is 0 Å². The van der Waals surface area contributed by atoms with E-state index in [0.717, 1.165) is 5.56 Å². The molecule has 100 valence electrons. The second kappa shape index (κ2) is 4.76. The Hall–Kier alpha value is -2.30. The fraction of sp³-hybridized carbons (Fsp3) is 0.286. The second-order valence-electron chi connectivity index (χ2n) is 4.09. The van der Waals surface area contributed by atoms with Gasteiger partial charge in [-0.1, -0.05) is 0 Å². The molecule has 2 rings (SSSR count). The van der Waals surface area contributed by atoms with E-state index in [9.17, 15) is 9.59 Å². The van der Waals surface area contributed by atoms with Gasteiger partial charge in [-0.05, 0) is 18.6 Å². The van der Waals surface area contributed by atoms with E-state index < -0.39 is 0 Å². The smallest absolute Gasteiger partial charge is 0.232 e. The Morgan fingerprint density at radius 1 is 0.947 bits per heavy atom. The minimum atomic E-state index is -0.379. The summed E-state index contributed by atoms with van der Waals surface area (Å²) >= 11 is 0. The topological polar surface area (TPSA) is 61.8 Å². The molecular weight excluding hydrogens is 248 g/mol. The van der Waals surface area contributed by atoms with Crippen LogP contribution in [0.2, 0.25) is 0 Å². The highest BCUT2D eigenvalue weighted by atomic mass is 16.5. The Morgan fingerprint density at radius 3 is 2.16 bits per heavy atom. The van der Waals surface area contributed by atoms with Gasteiger partial charge < -0.3 is 14.2 Å². The number of carbonyl (C=O) groups is 2. The zero-order valence-electron chi connectivity index (χ0n) is 11.2. The molecule has 1 aromatic carbocycles. The number of aryl methyl sites for hydroxylation is 1. The molecule has 5 nitrogen and oxygen atoms in total. The third-order valence-corrected chi connectivity index (χ3v) is 3.03. The first-order valence-corrected chi connectivity index (χ1v) is 5.65. The van der Waals surface area contributed by atoms with Crippen LogP contribution in [0.3, 0.4) is 0 Å². The predicted molar refractivity (Wildman–Crippen MR) is 68.0 cm³/mol. The van der Waals surface area contributed by atoms with Crippen molar-refractivity contribution in [3.05, 3.63) is 34.6 Å². The van der Waals surface area contributed by atoms with Gasteiger partial charge in [0.2, 0.25) is 5.78 Å². The zero-order valence-corrected chi connectivity index (χ0v) is 11.2. The summed E-state index contributed by atoms with van der Waals surface area (Å²) in [6, 6.07) is 1.68. The van der Waals surface area contributed by atoms with E-state index in [4.69, 9.17) is 14.2 Å². The lowest BCUT2D eigenvalue weighted by Gasteiger charge is -2.20. The molecule has 0 aliphatic heterocycles. The molecule has 0 saturated heterocycles. The van der Waals surface area contributed by atoms with Gasteiger partial charge in [0, 0.05) is 6.08 Å². The molecule has 0 amide bonds. The lowest BCUT2D eigenvalue weighted by atomic mass is 9.90. The van der Waals surface area contributed by atoms with Crippen molar-refractivity contribution in [2.24, 2.45) is 0 Å². The Balaban J connectivity index is 2.82. The molecule has 1 aromatic rings. The highest BCUT2D eigenvalue weighted by molar-refractivity contribution is 6.26. The third-order valence-electron chi connectivity index (χ3n) is 3.03. The summed E-state index contributed by atoms with van der Waals surface area (Å²) < 4.78 is 15.4. The number of benzene rings is 1. The summed E-state index contributed by atoms with van der Waals surface area (Å²) in [5.74, 6) is 0.0239. The molecule has 0 fully saturated rings. The second-order valence-corrected chi connectivity index (χ2v) is 4.09. The van der Waals surface area contributed by atoms with E-state index >= 15 is 0 Å². The Labute approximate surface area is 110 Å². The van der Waals surface area contributed by atoms with Gasteiger partial charge in [-0.25, -0.2) is 0 Å². The minimum Gasteiger partial charge on any atom is -0.496 e. The van der Waals surface area contributed by atoms with Crippen molar-refractivity contribution in [2.75, 3.05) is 21.3 Å². The molecule has 0 unspecified atom stereocenters. The van der Waals surface area contributed by atoms with E-state index in [0.29, 0.717) is 11.5 Å². The SMILES string of the molecule is COC1=CC(=O)c2c(OC)cc(C)c(OC)c2C1=O. The number of ketones is 2. The summed E-state index contributed by atoms with van der Waals surface area (Å²) in [7, 11) is 4.26. The van der Waals surface area contributed by atoms with Gasteiger partial charge in [0.05, 0.1) is 32.5 Å². The quantitative estimate of drug-likeness (QED) is 0.832. The Bertz CT molecular complexity index is 598. The summed E-state index contributed by atoms with van der Waals surface area (Å²) in [4.78, 5) is 24.4. The Morgan fingerprint density at radius 2 is 1.63 bits per heavy atom. The maximum Gasteiger partial charge on any atom is 0.232 e. The van der Waals surface area contributed by atoms with Gasteiger partial charge in [0.15, 0.2) is 11.5 Å². The number of ether oxygens (including phenoxy) is 3. The number of rotatable bonds is 3. The van der Waals surface area contributed by atoms with Crippen LogP contribution < -0.4 is 9.47 Å². The Kier molecular flexibility index (Phi) is 3.29. The standard InChI is InChI=1S/C14H14O5/c1-7-5-9(17-2)11-8(15)6-10(18-3)13(16)12(11)14(7)19-4/h5-6H,1-4H3. The number of hydrogen-bond acceptors (Lipinski definition) is 5. The molecule has 0 radical (unpaired) electrons. The molecule has 0 heterocycles. The fourth-order valence-corrected chi connectivity index (χ4v) is 2.19. The van der Waals surface area contributed by atoms with Crippen molar-refractivity contribution in [1.82, 2.24) is 0 Å². The summed E-state index contributed by atoms with van der Waals surface area (Å²) in [6.07, 6.45) is 1.17. The fourth-order valence-electron chi connectivity index (χ4n) is 2.19. The molecule has 0 aromatic heterocycles. The van der Waals surface area contributed by atoms with Crippen LogP contribution in [0.4, 0.5) is 0 Å². The van der Waals surface area contributed by atoms with Crippen LogP contribution in [0.1, 0.15) is 26.3 Å². The monoisotopic (exact) mass is 262 g/mol. The summed E-state index contributed by atoms with van der Waals surface area (Å²) in [5.41, 5.74) is 1.14. The van der Waals surface area contributed by atoms with Gasteiger partial charge in [0.1, 0.15) is 11.5 Å². The lowest BCUT2D eigenvalue weighted by Crippen LogP contribution is -2.20. The van der Waals surface area contributed by atoms with Crippen molar-refractivity contribution >= 4 is 11.6 Å². The molecule has 0 spiro atoms. The summed E-state index contributed by atoms with van der Waals surface area (Å²) in [5, 5.41) is 0. The summed E-state index contributed by atoms with van der Waals surface area (Å²) in [6.45, 7) is 1.78. The molecule has 19 heavy (non-hydrogen) atoms. The number of Topliss-reactive ketones (excluding diaryl/α,β-unsaturated/α-hetero) is 1. The van der Waals surface area contributed by atoms with E-state index in [2.05, 4.69) is 0 Å². The van der Waals surface area contributed by atoms with E-state index in [1.54, 1.807) is 13.0 Å². The van der Waals surface area contributed by atoms with E-state index in [1.807, 2.05) is 0 Å². The first kappa shape index (κ1) is 13.1. The number of fused-ring (bicyclic) bond motifs is 1. The van der Waals surface area contributed by atoms with Gasteiger partial charge >= 0.3 is 0 Å². The molecular formula is C14H14O5. The molecule has 1 aliphatic carbocycles. The molecule has 1 aliphatic rings. The van der Waals surface area contributed by atoms with Crippen LogP contribution in [-0.2, 0) is 4.74 Å². The molecule has 5 heteroatoms. The minimum absolute atomic E-state index is 0.00320. The van der Waals surface area contributed by atoms with Gasteiger partial charge in [-0.15, -0.1) is 0 Å². The van der Waals surface area contributed by atoms with Crippen LogP contribution in [0, 0.1) is 6.92 Å². The van der Waals surface area contributed by atoms with Crippen LogP contribution in [-0.4, -0.2) is 32.9 Å². The molecule has 0 saturated carbocycles. The van der Waals surface area contributed by atoms with E-state index in [-0.39, 0.29) is 28.5 Å². The third kappa shape index (κ3) is 1.87. The van der Waals surface area contributed by atoms with Crippen LogP contribution in [0.15, 0.2) is 17.9 Å². The molecule has 0 N–H and O–H groups in total. The average Bonchev–Trinajstić information content (AvgIpc) is 2.41. The van der Waals surface area contributed by atoms with Crippen molar-refractivity contribution in [1.29, 1.82) is 0 Å². The number of hydrogen-bond donors (Lipinski definition) is 0. The maximum absolute atomic E-state index is 12.3. The van der Waals surface area contributed by atoms with Crippen molar-refractivity contribution in [3.63, 3.8) is 0 Å². The van der Waals surface area contributed by atoms with E-state index in [1.165, 1.54) is 27.4 Å². The molecule has 0 atom stereocenters. The van der Waals surface area contributed by atoms with Crippen LogP contribution in [0.5, 0.6) is 11.5 Å². The number of carbonyl (C=O) groups excluding carboxylic acids is 2. The zero-order chi connectivity index (χ0) is 14.2. The van der Waals surface area contributed by atoms with Gasteiger partial charge in [0.25, 0.3) is 0 Å². The predicted octanol–water partition coefficient (Wildman–Crippen LogP) is 1.92. The van der Waals surface area contributed by atoms with Gasteiger partial charge in [-0.3, -0.25) is 9.59 Å². The highest BCUT2D eigenvalue weighted by Crippen LogP contribution is 2.38. The van der Waals surface area contributed by atoms with Crippen LogP contribution in [0.25, 0.3) is 0 Å².